The third-order valence-corrected chi connectivity index (χ3v) is 2.83. The Kier molecular flexibility index (Phi) is 8.30. The van der Waals surface area contributed by atoms with E-state index in [-0.39, 0.29) is 12.5 Å². The predicted molar refractivity (Wildman–Crippen MR) is 68.9 cm³/mol. The van der Waals surface area contributed by atoms with Gasteiger partial charge in [0.15, 0.2) is 0 Å². The maximum atomic E-state index is 12.5. The molecule has 0 saturated heterocycles. The molecule has 0 aromatic heterocycles. The number of rotatable bonds is 10. The van der Waals surface area contributed by atoms with Crippen LogP contribution in [0.3, 0.4) is 0 Å². The Balaban J connectivity index is 3.63. The monoisotopic (exact) mass is 276 g/mol. The van der Waals surface area contributed by atoms with Crippen molar-refractivity contribution in [1.82, 2.24) is 5.32 Å². The fraction of sp³-hybridized carbons (Fsp3) is 0.846. The first-order chi connectivity index (χ1) is 8.73. The molecule has 0 aliphatic heterocycles. The predicted octanol–water partition coefficient (Wildman–Crippen LogP) is -0.153. The summed E-state index contributed by atoms with van der Waals surface area (Å²) in [6.45, 7) is 2.60. The van der Waals surface area contributed by atoms with Crippen LogP contribution in [0.5, 0.6) is 0 Å². The Bertz CT molecular complexity index is 294. The van der Waals surface area contributed by atoms with Crippen LogP contribution in [-0.2, 0) is 9.59 Å². The first kappa shape index (κ1) is 17.8. The Hall–Kier alpha value is -1.17. The lowest BCUT2D eigenvalue weighted by atomic mass is 10.2. The van der Waals surface area contributed by atoms with Gasteiger partial charge in [0.2, 0.25) is 5.91 Å². The molecule has 0 spiro atoms. The van der Waals surface area contributed by atoms with Crippen molar-refractivity contribution >= 4 is 11.9 Å². The highest BCUT2D eigenvalue weighted by Crippen LogP contribution is 2.03. The molecular weight excluding hydrogens is 251 g/mol. The van der Waals surface area contributed by atoms with Gasteiger partial charge in [0.1, 0.15) is 6.54 Å². The van der Waals surface area contributed by atoms with Gasteiger partial charge in [-0.3, -0.25) is 4.79 Å². The minimum absolute atomic E-state index is 0.0394. The van der Waals surface area contributed by atoms with E-state index in [9.17, 15) is 19.1 Å². The third-order valence-electron chi connectivity index (χ3n) is 2.83. The SMILES string of the molecule is CC(F)CCCC(=O)NCCC[N+](C)(C)CC(=O)[O-]. The summed E-state index contributed by atoms with van der Waals surface area (Å²) in [5.74, 6) is -1.15. The van der Waals surface area contributed by atoms with E-state index < -0.39 is 12.1 Å². The second-order valence-corrected chi connectivity index (χ2v) is 5.57. The minimum Gasteiger partial charge on any atom is -0.544 e. The lowest BCUT2D eigenvalue weighted by Gasteiger charge is -2.30. The summed E-state index contributed by atoms with van der Waals surface area (Å²) < 4.78 is 12.8. The number of carboxylic acids is 1. The number of nitrogens with zero attached hydrogens (tertiary/aromatic N) is 1. The van der Waals surface area contributed by atoms with Gasteiger partial charge in [0.05, 0.1) is 32.8 Å². The molecule has 0 aliphatic carbocycles. The Labute approximate surface area is 114 Å². The van der Waals surface area contributed by atoms with Crippen molar-refractivity contribution in [3.8, 4) is 0 Å². The molecule has 0 heterocycles. The smallest absolute Gasteiger partial charge is 0.219 e. The number of nitrogens with one attached hydrogen (secondary N) is 1. The normalized spacial score (nSPS) is 13.1. The molecule has 5 nitrogen and oxygen atoms in total. The Morgan fingerprint density at radius 2 is 1.95 bits per heavy atom. The zero-order valence-electron chi connectivity index (χ0n) is 12.1. The van der Waals surface area contributed by atoms with E-state index in [2.05, 4.69) is 5.32 Å². The van der Waals surface area contributed by atoms with Crippen molar-refractivity contribution in [2.24, 2.45) is 0 Å². The van der Waals surface area contributed by atoms with E-state index in [1.807, 2.05) is 0 Å². The number of hydrogen-bond acceptors (Lipinski definition) is 3. The van der Waals surface area contributed by atoms with Gasteiger partial charge in [0.25, 0.3) is 0 Å². The molecule has 1 amide bonds. The third kappa shape index (κ3) is 11.6. The summed E-state index contributed by atoms with van der Waals surface area (Å²) in [6.07, 6.45) is 1.13. The number of aliphatic carboxylic acids is 1. The molecule has 6 heteroatoms. The van der Waals surface area contributed by atoms with Gasteiger partial charge < -0.3 is 19.7 Å². The maximum absolute atomic E-state index is 12.5. The van der Waals surface area contributed by atoms with Gasteiger partial charge in [0, 0.05) is 19.4 Å². The molecule has 0 bridgehead atoms. The summed E-state index contributed by atoms with van der Waals surface area (Å²) in [5.41, 5.74) is 0. The Morgan fingerprint density at radius 1 is 1.32 bits per heavy atom. The van der Waals surface area contributed by atoms with Crippen molar-refractivity contribution in [3.63, 3.8) is 0 Å². The van der Waals surface area contributed by atoms with E-state index in [0.717, 1.165) is 0 Å². The van der Waals surface area contributed by atoms with Crippen LogP contribution in [0.25, 0.3) is 0 Å². The van der Waals surface area contributed by atoms with Crippen LogP contribution in [0.15, 0.2) is 0 Å². The molecule has 0 fully saturated rings. The van der Waals surface area contributed by atoms with Gasteiger partial charge in [-0.2, -0.15) is 0 Å². The molecule has 1 atom stereocenters. The van der Waals surface area contributed by atoms with Gasteiger partial charge in [-0.05, 0) is 19.8 Å². The molecular formula is C13H25FN2O3. The fourth-order valence-corrected chi connectivity index (χ4v) is 1.80. The van der Waals surface area contributed by atoms with Gasteiger partial charge in [-0.25, -0.2) is 4.39 Å². The summed E-state index contributed by atoms with van der Waals surface area (Å²) >= 11 is 0. The van der Waals surface area contributed by atoms with Gasteiger partial charge in [-0.15, -0.1) is 0 Å². The zero-order valence-corrected chi connectivity index (χ0v) is 12.1. The van der Waals surface area contributed by atoms with Crippen molar-refractivity contribution in [2.45, 2.75) is 38.8 Å². The Morgan fingerprint density at radius 3 is 2.47 bits per heavy atom. The number of carboxylic acid groups (broad SMARTS) is 1. The number of carbonyl (C=O) groups is 2. The van der Waals surface area contributed by atoms with E-state index in [1.54, 1.807) is 14.1 Å². The average Bonchev–Trinajstić information content (AvgIpc) is 2.22. The van der Waals surface area contributed by atoms with Crippen LogP contribution < -0.4 is 10.4 Å². The highest BCUT2D eigenvalue weighted by Gasteiger charge is 2.14. The summed E-state index contributed by atoms with van der Waals surface area (Å²) in [6, 6.07) is 0. The molecule has 1 unspecified atom stereocenters. The van der Waals surface area contributed by atoms with E-state index in [1.165, 1.54) is 6.92 Å². The van der Waals surface area contributed by atoms with Crippen molar-refractivity contribution in [3.05, 3.63) is 0 Å². The fourth-order valence-electron chi connectivity index (χ4n) is 1.80. The highest BCUT2D eigenvalue weighted by molar-refractivity contribution is 5.75. The quantitative estimate of drug-likeness (QED) is 0.445. The second kappa shape index (κ2) is 8.85. The van der Waals surface area contributed by atoms with Crippen LogP contribution in [0.4, 0.5) is 4.39 Å². The first-order valence-electron chi connectivity index (χ1n) is 6.65. The number of carbonyl (C=O) groups excluding carboxylic acids is 2. The average molecular weight is 276 g/mol. The molecule has 1 N–H and O–H groups in total. The molecule has 0 aliphatic rings. The summed E-state index contributed by atoms with van der Waals surface area (Å²) in [5, 5.41) is 13.2. The zero-order chi connectivity index (χ0) is 14.9. The number of alkyl halides is 1. The molecule has 0 radical (unpaired) electrons. The van der Waals surface area contributed by atoms with Crippen LogP contribution in [0.2, 0.25) is 0 Å². The number of quaternary nitrogens is 1. The summed E-state index contributed by atoms with van der Waals surface area (Å²) in [4.78, 5) is 21.9. The van der Waals surface area contributed by atoms with Gasteiger partial charge in [-0.1, -0.05) is 0 Å². The maximum Gasteiger partial charge on any atom is 0.219 e. The first-order valence-corrected chi connectivity index (χ1v) is 6.65. The molecule has 0 saturated carbocycles. The number of amides is 1. The molecule has 0 rings (SSSR count). The van der Waals surface area contributed by atoms with E-state index in [4.69, 9.17) is 0 Å². The topological polar surface area (TPSA) is 69.2 Å². The number of halogens is 1. The molecule has 0 aromatic carbocycles. The summed E-state index contributed by atoms with van der Waals surface area (Å²) in [7, 11) is 3.61. The molecule has 112 valence electrons. The van der Waals surface area contributed by atoms with E-state index >= 15 is 0 Å². The molecule has 19 heavy (non-hydrogen) atoms. The number of hydrogen-bond donors (Lipinski definition) is 1. The standard InChI is InChI=1S/C13H25FN2O3/c1-11(14)6-4-7-12(17)15-8-5-9-16(2,3)10-13(18)19/h11H,4-10H2,1-3H3,(H-,15,17,18,19). The largest absolute Gasteiger partial charge is 0.544 e. The molecule has 0 aromatic rings. The second-order valence-electron chi connectivity index (χ2n) is 5.57. The van der Waals surface area contributed by atoms with Gasteiger partial charge >= 0.3 is 0 Å². The lowest BCUT2D eigenvalue weighted by Crippen LogP contribution is -2.49. The van der Waals surface area contributed by atoms with Crippen LogP contribution in [0, 0.1) is 0 Å². The number of likely N-dealkylation sites (N-methyl/N-ethyl adjacent to an activating group) is 1. The van der Waals surface area contributed by atoms with Crippen LogP contribution >= 0.6 is 0 Å². The van der Waals surface area contributed by atoms with Crippen molar-refractivity contribution in [1.29, 1.82) is 0 Å². The van der Waals surface area contributed by atoms with Crippen molar-refractivity contribution in [2.75, 3.05) is 33.7 Å². The highest BCUT2D eigenvalue weighted by atomic mass is 19.1. The minimum atomic E-state index is -1.07. The van der Waals surface area contributed by atoms with Crippen LogP contribution in [0.1, 0.15) is 32.6 Å². The van der Waals surface area contributed by atoms with Crippen LogP contribution in [-0.4, -0.2) is 56.3 Å². The van der Waals surface area contributed by atoms with Crippen molar-refractivity contribution < 1.29 is 23.6 Å². The van der Waals surface area contributed by atoms with E-state index in [0.29, 0.717) is 43.3 Å². The lowest BCUT2D eigenvalue weighted by molar-refractivity contribution is -0.884.